The molecule has 0 radical (unpaired) electrons. The van der Waals surface area contributed by atoms with Crippen LogP contribution in [0.1, 0.15) is 40.6 Å². The number of carbonyl (C=O) groups excluding carboxylic acids is 1. The predicted octanol–water partition coefficient (Wildman–Crippen LogP) is 4.64. The lowest BCUT2D eigenvalue weighted by Crippen LogP contribution is -2.41. The molecular weight excluding hydrogens is 388 g/mol. The molecule has 31 heavy (non-hydrogen) atoms. The van der Waals surface area contributed by atoms with Gasteiger partial charge in [0.15, 0.2) is 5.66 Å². The van der Waals surface area contributed by atoms with Crippen molar-refractivity contribution in [3.63, 3.8) is 0 Å². The van der Waals surface area contributed by atoms with Gasteiger partial charge in [0.2, 0.25) is 0 Å². The van der Waals surface area contributed by atoms with E-state index in [4.69, 9.17) is 0 Å². The third-order valence-electron chi connectivity index (χ3n) is 6.48. The van der Waals surface area contributed by atoms with Crippen molar-refractivity contribution in [3.05, 3.63) is 70.0 Å². The second-order valence-corrected chi connectivity index (χ2v) is 8.80. The summed E-state index contributed by atoms with van der Waals surface area (Å²) in [6, 6.07) is 12.1. The van der Waals surface area contributed by atoms with Crippen LogP contribution in [0.2, 0.25) is 0 Å². The minimum Gasteiger partial charge on any atom is -0.356 e. The first kappa shape index (κ1) is 19.5. The molecule has 0 aliphatic carbocycles. The first-order valence-corrected chi connectivity index (χ1v) is 10.7. The molecule has 0 saturated carbocycles. The number of fused-ring (bicyclic) bond motifs is 2. The highest BCUT2D eigenvalue weighted by Crippen LogP contribution is 2.42. The molecule has 7 heteroatoms. The molecule has 0 fully saturated rings. The van der Waals surface area contributed by atoms with Gasteiger partial charge < -0.3 is 20.9 Å². The predicted molar refractivity (Wildman–Crippen MR) is 123 cm³/mol. The fraction of sp³-hybridized carbons (Fsp3) is 0.333. The largest absolute Gasteiger partial charge is 0.356 e. The van der Waals surface area contributed by atoms with E-state index in [0.717, 1.165) is 40.4 Å². The summed E-state index contributed by atoms with van der Waals surface area (Å²) in [5.41, 5.74) is 9.26. The molecule has 2 aromatic carbocycles. The van der Waals surface area contributed by atoms with Crippen LogP contribution in [0.4, 0.5) is 21.9 Å². The molecule has 7 nitrogen and oxygen atoms in total. The molecule has 160 valence electrons. The average Bonchev–Trinajstić information content (AvgIpc) is 3.31. The van der Waals surface area contributed by atoms with Gasteiger partial charge in [0.25, 0.3) is 0 Å². The van der Waals surface area contributed by atoms with Crippen LogP contribution in [0, 0.1) is 20.8 Å². The van der Waals surface area contributed by atoms with Gasteiger partial charge in [0, 0.05) is 17.8 Å². The molecule has 0 atom stereocenters. The number of urea groups is 1. The van der Waals surface area contributed by atoms with Gasteiger partial charge in [-0.25, -0.2) is 4.79 Å². The molecule has 3 heterocycles. The average molecular weight is 417 g/mol. The van der Waals surface area contributed by atoms with Crippen LogP contribution in [0.15, 0.2) is 36.4 Å². The number of rotatable bonds is 2. The fourth-order valence-corrected chi connectivity index (χ4v) is 4.52. The molecule has 4 N–H and O–H groups in total. The highest BCUT2D eigenvalue weighted by molar-refractivity contribution is 5.90. The molecule has 2 amide bonds. The second-order valence-electron chi connectivity index (χ2n) is 8.80. The first-order chi connectivity index (χ1) is 14.8. The topological polar surface area (TPSA) is 85.1 Å². The van der Waals surface area contributed by atoms with Crippen molar-refractivity contribution in [1.82, 2.24) is 15.1 Å². The summed E-state index contributed by atoms with van der Waals surface area (Å²) < 4.78 is 0. The molecular formula is C24H28N6O. The number of carbonyl (C=O) groups is 1. The third kappa shape index (κ3) is 3.30. The van der Waals surface area contributed by atoms with Gasteiger partial charge in [-0.15, -0.1) is 0 Å². The lowest BCUT2D eigenvalue weighted by atomic mass is 9.97. The van der Waals surface area contributed by atoms with Crippen LogP contribution < -0.4 is 16.0 Å². The van der Waals surface area contributed by atoms with Crippen molar-refractivity contribution >= 4 is 23.1 Å². The number of benzene rings is 2. The van der Waals surface area contributed by atoms with Crippen molar-refractivity contribution in [3.8, 4) is 0 Å². The molecule has 2 aliphatic rings. The number of aromatic amines is 1. The van der Waals surface area contributed by atoms with Crippen molar-refractivity contribution in [2.45, 2.75) is 46.3 Å². The third-order valence-corrected chi connectivity index (χ3v) is 6.48. The zero-order valence-electron chi connectivity index (χ0n) is 18.4. The van der Waals surface area contributed by atoms with Gasteiger partial charge in [-0.05, 0) is 69.0 Å². The van der Waals surface area contributed by atoms with Crippen LogP contribution in [0.25, 0.3) is 0 Å². The molecule has 0 spiro atoms. The zero-order valence-corrected chi connectivity index (χ0v) is 18.4. The Labute approximate surface area is 182 Å². The summed E-state index contributed by atoms with van der Waals surface area (Å²) in [5, 5.41) is 18.1. The summed E-state index contributed by atoms with van der Waals surface area (Å²) in [7, 11) is 0. The van der Waals surface area contributed by atoms with Crippen molar-refractivity contribution in [1.29, 1.82) is 0 Å². The van der Waals surface area contributed by atoms with E-state index in [2.05, 4.69) is 59.1 Å². The van der Waals surface area contributed by atoms with Crippen LogP contribution in [0.3, 0.4) is 0 Å². The van der Waals surface area contributed by atoms with Gasteiger partial charge in [-0.3, -0.25) is 5.10 Å². The highest BCUT2D eigenvalue weighted by atomic mass is 16.2. The van der Waals surface area contributed by atoms with Crippen LogP contribution in [0.5, 0.6) is 0 Å². The van der Waals surface area contributed by atoms with E-state index in [-0.39, 0.29) is 6.03 Å². The number of para-hydroxylation sites is 1. The normalized spacial score (nSPS) is 16.2. The number of nitrogens with zero attached hydrogens (tertiary/aromatic N) is 2. The first-order valence-electron chi connectivity index (χ1n) is 10.7. The maximum absolute atomic E-state index is 12.8. The van der Waals surface area contributed by atoms with Gasteiger partial charge >= 0.3 is 6.03 Å². The molecule has 3 aromatic rings. The van der Waals surface area contributed by atoms with E-state index in [0.29, 0.717) is 13.1 Å². The van der Waals surface area contributed by atoms with Gasteiger partial charge in [-0.1, -0.05) is 18.2 Å². The fourth-order valence-electron chi connectivity index (χ4n) is 4.52. The Bertz CT molecular complexity index is 1150. The van der Waals surface area contributed by atoms with Gasteiger partial charge in [0.05, 0.1) is 23.6 Å². The molecule has 0 unspecified atom stereocenters. The molecule has 0 bridgehead atoms. The number of anilines is 3. The number of nitrogens with one attached hydrogen (secondary N) is 4. The van der Waals surface area contributed by atoms with E-state index in [1.807, 2.05) is 36.1 Å². The molecule has 5 rings (SSSR count). The van der Waals surface area contributed by atoms with E-state index in [1.54, 1.807) is 0 Å². The van der Waals surface area contributed by atoms with E-state index < -0.39 is 5.66 Å². The Morgan fingerprint density at radius 3 is 2.42 bits per heavy atom. The molecule has 1 aromatic heterocycles. The van der Waals surface area contributed by atoms with Crippen molar-refractivity contribution in [2.75, 3.05) is 22.5 Å². The number of hydrogen-bond donors (Lipinski definition) is 4. The van der Waals surface area contributed by atoms with Gasteiger partial charge in [0.1, 0.15) is 5.69 Å². The lowest BCUT2D eigenvalue weighted by Gasteiger charge is -2.30. The van der Waals surface area contributed by atoms with E-state index >= 15 is 0 Å². The number of hydrogen-bond acceptors (Lipinski definition) is 4. The number of H-pyrrole nitrogens is 1. The summed E-state index contributed by atoms with van der Waals surface area (Å²) in [6.07, 6.45) is 0.760. The standard InChI is InChI=1S/C24H28N6O/c1-14-7-5-6-8-18(14)25-23(31)30-10-9-17-21(13-30)28-29-22(17)24(4)26-19-11-15(2)16(3)12-20(19)27-24/h5-8,11-12,26-27H,9-10,13H2,1-4H3,(H,25,31)(H,28,29). The lowest BCUT2D eigenvalue weighted by molar-refractivity contribution is 0.205. The smallest absolute Gasteiger partial charge is 0.322 e. The second kappa shape index (κ2) is 7.04. The van der Waals surface area contributed by atoms with Gasteiger partial charge in [-0.2, -0.15) is 5.10 Å². The summed E-state index contributed by atoms with van der Waals surface area (Å²) in [5.74, 6) is 0. The Morgan fingerprint density at radius 1 is 1.06 bits per heavy atom. The summed E-state index contributed by atoms with van der Waals surface area (Å²) in [6.45, 7) is 9.53. The van der Waals surface area contributed by atoms with Crippen molar-refractivity contribution in [2.24, 2.45) is 0 Å². The van der Waals surface area contributed by atoms with Crippen LogP contribution in [-0.4, -0.2) is 27.7 Å². The Morgan fingerprint density at radius 2 is 1.74 bits per heavy atom. The quantitative estimate of drug-likeness (QED) is 0.490. The Balaban J connectivity index is 1.35. The molecule has 2 aliphatic heterocycles. The monoisotopic (exact) mass is 416 g/mol. The maximum atomic E-state index is 12.8. The minimum atomic E-state index is -0.488. The Kier molecular flexibility index (Phi) is 4.43. The van der Waals surface area contributed by atoms with E-state index in [1.165, 1.54) is 16.7 Å². The number of amides is 2. The zero-order chi connectivity index (χ0) is 21.8. The van der Waals surface area contributed by atoms with Crippen molar-refractivity contribution < 1.29 is 4.79 Å². The highest BCUT2D eigenvalue weighted by Gasteiger charge is 2.39. The summed E-state index contributed by atoms with van der Waals surface area (Å²) in [4.78, 5) is 14.7. The van der Waals surface area contributed by atoms with E-state index in [9.17, 15) is 4.79 Å². The summed E-state index contributed by atoms with van der Waals surface area (Å²) >= 11 is 0. The maximum Gasteiger partial charge on any atom is 0.322 e. The Hall–Kier alpha value is -3.48. The number of aromatic nitrogens is 2. The van der Waals surface area contributed by atoms with Crippen LogP contribution in [-0.2, 0) is 18.6 Å². The number of aryl methyl sites for hydroxylation is 3. The van der Waals surface area contributed by atoms with Crippen LogP contribution >= 0.6 is 0 Å². The minimum absolute atomic E-state index is 0.0854. The molecule has 0 saturated heterocycles. The SMILES string of the molecule is Cc1cc2c(cc1C)NC(C)(c1n[nH]c3c1CCN(C(=O)Nc1ccccc1C)C3)N2.